The van der Waals surface area contributed by atoms with Gasteiger partial charge in [-0.05, 0) is 36.1 Å². The lowest BCUT2D eigenvalue weighted by atomic mass is 10.0. The van der Waals surface area contributed by atoms with E-state index < -0.39 is 17.3 Å². The number of primary amides is 1. The number of benzene rings is 1. The van der Waals surface area contributed by atoms with Gasteiger partial charge in [0.15, 0.2) is 0 Å². The molecule has 3 rings (SSSR count). The van der Waals surface area contributed by atoms with Crippen molar-refractivity contribution in [1.82, 2.24) is 4.98 Å². The molecule has 1 fully saturated rings. The van der Waals surface area contributed by atoms with Crippen LogP contribution in [-0.4, -0.2) is 35.2 Å². The van der Waals surface area contributed by atoms with Crippen molar-refractivity contribution in [3.8, 4) is 12.1 Å². The van der Waals surface area contributed by atoms with Crippen LogP contribution in [0.4, 0.5) is 5.82 Å². The number of halogens is 1. The fourth-order valence-electron chi connectivity index (χ4n) is 3.47. The molecule has 0 bridgehead atoms. The van der Waals surface area contributed by atoms with Crippen molar-refractivity contribution in [1.29, 1.82) is 10.5 Å². The zero-order chi connectivity index (χ0) is 21.8. The predicted octanol–water partition coefficient (Wildman–Crippen LogP) is 2.93. The number of anilines is 1. The first-order valence-corrected chi connectivity index (χ1v) is 10.7. The first kappa shape index (κ1) is 21.9. The van der Waals surface area contributed by atoms with Crippen LogP contribution in [0.1, 0.15) is 40.8 Å². The van der Waals surface area contributed by atoms with E-state index in [0.29, 0.717) is 58.5 Å². The van der Waals surface area contributed by atoms with Crippen LogP contribution in [0.3, 0.4) is 0 Å². The smallest absolute Gasteiger partial charge is 0.235 e. The number of nitriles is 2. The molecule has 1 amide bonds. The van der Waals surface area contributed by atoms with E-state index in [0.717, 1.165) is 11.8 Å². The van der Waals surface area contributed by atoms with E-state index in [-0.39, 0.29) is 5.56 Å². The van der Waals surface area contributed by atoms with Crippen molar-refractivity contribution in [2.45, 2.75) is 36.1 Å². The lowest BCUT2D eigenvalue weighted by molar-refractivity contribution is -0.117. The molecule has 9 heteroatoms. The molecule has 154 valence electrons. The second-order valence-corrected chi connectivity index (χ2v) is 8.42. The van der Waals surface area contributed by atoms with E-state index in [4.69, 9.17) is 17.3 Å². The highest BCUT2D eigenvalue weighted by molar-refractivity contribution is 8.00. The van der Waals surface area contributed by atoms with E-state index >= 15 is 0 Å². The summed E-state index contributed by atoms with van der Waals surface area (Å²) in [4.78, 5) is 18.7. The standard InChI is InChI=1S/C21H20ClN5O2S/c1-2-15-16(9-23)20(27-8-7-14(28)11-27)26-21(17(15)10-24)30-18(19(25)29)12-3-5-13(22)6-4-12/h3-6,14,18,28H,2,7-8,11H2,1H3,(H2,25,29)/t14-,18?/m0/s1. The van der Waals surface area contributed by atoms with Gasteiger partial charge >= 0.3 is 0 Å². The minimum absolute atomic E-state index is 0.266. The molecule has 1 aliphatic rings. The molecule has 1 unspecified atom stereocenters. The fraction of sp³-hybridized carbons (Fsp3) is 0.333. The Kier molecular flexibility index (Phi) is 6.84. The first-order valence-electron chi connectivity index (χ1n) is 9.41. The topological polar surface area (TPSA) is 127 Å². The number of hydrogen-bond donors (Lipinski definition) is 2. The van der Waals surface area contributed by atoms with E-state index in [1.807, 2.05) is 11.8 Å². The van der Waals surface area contributed by atoms with Crippen LogP contribution in [0, 0.1) is 22.7 Å². The number of rotatable bonds is 6. The van der Waals surface area contributed by atoms with Gasteiger partial charge in [0.2, 0.25) is 5.91 Å². The molecular weight excluding hydrogens is 422 g/mol. The lowest BCUT2D eigenvalue weighted by Crippen LogP contribution is -2.25. The lowest BCUT2D eigenvalue weighted by Gasteiger charge is -2.22. The molecule has 3 N–H and O–H groups in total. The van der Waals surface area contributed by atoms with Gasteiger partial charge in [-0.1, -0.05) is 42.4 Å². The summed E-state index contributed by atoms with van der Waals surface area (Å²) in [6, 6.07) is 11.1. The number of β-amino-alcohol motifs (C(OH)–C–C–N with tert-alkyl or cyclic N) is 1. The average Bonchev–Trinajstić information content (AvgIpc) is 3.17. The molecule has 0 spiro atoms. The summed E-state index contributed by atoms with van der Waals surface area (Å²) in [6.45, 7) is 2.77. The van der Waals surface area contributed by atoms with Crippen LogP contribution in [0.25, 0.3) is 0 Å². The summed E-state index contributed by atoms with van der Waals surface area (Å²) in [5.41, 5.74) is 7.47. The summed E-state index contributed by atoms with van der Waals surface area (Å²) >= 11 is 7.03. The summed E-state index contributed by atoms with van der Waals surface area (Å²) in [6.07, 6.45) is 0.529. The Bertz CT molecular complexity index is 1050. The van der Waals surface area contributed by atoms with Gasteiger partial charge in [-0.2, -0.15) is 10.5 Å². The number of carbonyl (C=O) groups excluding carboxylic acids is 1. The number of nitrogens with zero attached hydrogens (tertiary/aromatic N) is 4. The highest BCUT2D eigenvalue weighted by atomic mass is 35.5. The maximum Gasteiger partial charge on any atom is 0.235 e. The summed E-state index contributed by atoms with van der Waals surface area (Å²) in [7, 11) is 0. The fourth-order valence-corrected chi connectivity index (χ4v) is 4.66. The van der Waals surface area contributed by atoms with Crippen LogP contribution in [0.5, 0.6) is 0 Å². The van der Waals surface area contributed by atoms with Gasteiger partial charge in [0.1, 0.15) is 28.2 Å². The van der Waals surface area contributed by atoms with E-state index in [9.17, 15) is 20.4 Å². The predicted molar refractivity (Wildman–Crippen MR) is 115 cm³/mol. The largest absolute Gasteiger partial charge is 0.391 e. The van der Waals surface area contributed by atoms with E-state index in [2.05, 4.69) is 17.1 Å². The van der Waals surface area contributed by atoms with Gasteiger partial charge in [-0.3, -0.25) is 4.79 Å². The number of thioether (sulfide) groups is 1. The quantitative estimate of drug-likeness (QED) is 0.659. The molecule has 2 atom stereocenters. The van der Waals surface area contributed by atoms with Crippen LogP contribution < -0.4 is 10.6 Å². The van der Waals surface area contributed by atoms with Crippen LogP contribution in [0.15, 0.2) is 29.3 Å². The molecule has 1 aromatic heterocycles. The number of pyridine rings is 1. The van der Waals surface area contributed by atoms with Crippen LogP contribution >= 0.6 is 23.4 Å². The first-order chi connectivity index (χ1) is 14.4. The van der Waals surface area contributed by atoms with Crippen molar-refractivity contribution in [3.05, 3.63) is 51.5 Å². The minimum Gasteiger partial charge on any atom is -0.391 e. The van der Waals surface area contributed by atoms with Crippen molar-refractivity contribution in [2.75, 3.05) is 18.0 Å². The normalized spacial score (nSPS) is 16.7. The number of aliphatic hydroxyl groups excluding tert-OH is 1. The number of aromatic nitrogens is 1. The monoisotopic (exact) mass is 441 g/mol. The molecule has 0 saturated carbocycles. The molecule has 1 aliphatic heterocycles. The Hall–Kier alpha value is -2.78. The summed E-state index contributed by atoms with van der Waals surface area (Å²) in [5, 5.41) is 29.6. The van der Waals surface area contributed by atoms with Crippen molar-refractivity contribution >= 4 is 35.1 Å². The van der Waals surface area contributed by atoms with Crippen molar-refractivity contribution in [2.24, 2.45) is 5.73 Å². The Labute approximate surface area is 184 Å². The highest BCUT2D eigenvalue weighted by Crippen LogP contribution is 2.40. The molecular formula is C21H20ClN5O2S. The Morgan fingerprint density at radius 2 is 2.03 bits per heavy atom. The number of nitrogens with two attached hydrogens (primary N) is 1. The molecule has 1 aromatic carbocycles. The molecule has 0 radical (unpaired) electrons. The number of hydrogen-bond acceptors (Lipinski definition) is 7. The van der Waals surface area contributed by atoms with Gasteiger partial charge in [0, 0.05) is 18.1 Å². The molecule has 2 heterocycles. The Morgan fingerprint density at radius 1 is 1.37 bits per heavy atom. The van der Waals surface area contributed by atoms with Crippen LogP contribution in [0.2, 0.25) is 5.02 Å². The Balaban J connectivity index is 2.12. The van der Waals surface area contributed by atoms with Gasteiger partial charge in [-0.25, -0.2) is 4.98 Å². The third-order valence-corrected chi connectivity index (χ3v) is 6.46. The number of aliphatic hydroxyl groups is 1. The maximum atomic E-state index is 12.2. The van der Waals surface area contributed by atoms with Gasteiger partial charge < -0.3 is 15.7 Å². The van der Waals surface area contributed by atoms with Crippen molar-refractivity contribution < 1.29 is 9.90 Å². The molecule has 7 nitrogen and oxygen atoms in total. The molecule has 30 heavy (non-hydrogen) atoms. The molecule has 2 aromatic rings. The van der Waals surface area contributed by atoms with Gasteiger partial charge in [0.25, 0.3) is 0 Å². The van der Waals surface area contributed by atoms with Gasteiger partial charge in [-0.15, -0.1) is 0 Å². The second kappa shape index (κ2) is 9.36. The SMILES string of the molecule is CCc1c(C#N)c(SC(C(N)=O)c2ccc(Cl)cc2)nc(N2CC[C@H](O)C2)c1C#N. The number of amides is 1. The molecule has 1 saturated heterocycles. The van der Waals surface area contributed by atoms with Crippen LogP contribution in [-0.2, 0) is 11.2 Å². The van der Waals surface area contributed by atoms with E-state index in [1.54, 1.807) is 24.3 Å². The molecule has 0 aliphatic carbocycles. The highest BCUT2D eigenvalue weighted by Gasteiger charge is 2.29. The van der Waals surface area contributed by atoms with Gasteiger partial charge in [0.05, 0.1) is 17.2 Å². The average molecular weight is 442 g/mol. The Morgan fingerprint density at radius 3 is 2.53 bits per heavy atom. The van der Waals surface area contributed by atoms with Crippen molar-refractivity contribution in [3.63, 3.8) is 0 Å². The second-order valence-electron chi connectivity index (χ2n) is 6.89. The third kappa shape index (κ3) is 4.36. The minimum atomic E-state index is -0.781. The summed E-state index contributed by atoms with van der Waals surface area (Å²) in [5.74, 6) is -0.153. The van der Waals surface area contributed by atoms with E-state index in [1.165, 1.54) is 0 Å². The zero-order valence-electron chi connectivity index (χ0n) is 16.3. The zero-order valence-corrected chi connectivity index (χ0v) is 17.9. The maximum absolute atomic E-state index is 12.2. The number of carbonyl (C=O) groups is 1. The third-order valence-electron chi connectivity index (χ3n) is 4.95. The summed E-state index contributed by atoms with van der Waals surface area (Å²) < 4.78 is 0.